The molecule has 0 atom stereocenters. The Bertz CT molecular complexity index is 1160. The van der Waals surface area contributed by atoms with Crippen molar-refractivity contribution in [2.24, 2.45) is 0 Å². The Labute approximate surface area is 160 Å². The Morgan fingerprint density at radius 2 is 1.93 bits per heavy atom. The Morgan fingerprint density at radius 3 is 2.67 bits per heavy atom. The van der Waals surface area contributed by atoms with Gasteiger partial charge in [0.1, 0.15) is 16.3 Å². The molecule has 27 heavy (non-hydrogen) atoms. The van der Waals surface area contributed by atoms with Crippen molar-refractivity contribution in [3.05, 3.63) is 69.9 Å². The SMILES string of the molecule is CN(C)Cc1c(O)ccc2cc(-c3nc(-c4ccccc4)cs3)c(=O)oc12. The van der Waals surface area contributed by atoms with E-state index in [-0.39, 0.29) is 5.75 Å². The molecule has 1 N–H and O–H groups in total. The van der Waals surface area contributed by atoms with Crippen LogP contribution in [0, 0.1) is 0 Å². The summed E-state index contributed by atoms with van der Waals surface area (Å²) in [6, 6.07) is 15.0. The van der Waals surface area contributed by atoms with Gasteiger partial charge < -0.3 is 14.4 Å². The fourth-order valence-electron chi connectivity index (χ4n) is 2.99. The van der Waals surface area contributed by atoms with Crippen LogP contribution in [0.4, 0.5) is 0 Å². The maximum absolute atomic E-state index is 12.6. The lowest BCUT2D eigenvalue weighted by Gasteiger charge is -2.13. The number of hydrogen-bond acceptors (Lipinski definition) is 6. The molecular weight excluding hydrogens is 360 g/mol. The molecule has 0 radical (unpaired) electrons. The average molecular weight is 378 g/mol. The summed E-state index contributed by atoms with van der Waals surface area (Å²) < 4.78 is 5.60. The van der Waals surface area contributed by atoms with Crippen LogP contribution < -0.4 is 5.63 Å². The summed E-state index contributed by atoms with van der Waals surface area (Å²) in [6.45, 7) is 0.473. The van der Waals surface area contributed by atoms with Crippen molar-refractivity contribution in [1.82, 2.24) is 9.88 Å². The van der Waals surface area contributed by atoms with Gasteiger partial charge in [-0.3, -0.25) is 0 Å². The first-order chi connectivity index (χ1) is 13.0. The highest BCUT2D eigenvalue weighted by Gasteiger charge is 2.16. The first kappa shape index (κ1) is 17.5. The Kier molecular flexibility index (Phi) is 4.51. The van der Waals surface area contributed by atoms with Crippen LogP contribution in [0.15, 0.2) is 63.1 Å². The standard InChI is InChI=1S/C21H18N2O3S/c1-23(2)11-16-18(24)9-8-14-10-15(21(25)26-19(14)16)20-22-17(12-27-20)13-6-4-3-5-7-13/h3-10,12,24H,11H2,1-2H3. The van der Waals surface area contributed by atoms with E-state index in [1.807, 2.05) is 54.7 Å². The number of aromatic hydroxyl groups is 1. The molecule has 0 fully saturated rings. The lowest BCUT2D eigenvalue weighted by atomic mass is 10.1. The lowest BCUT2D eigenvalue weighted by molar-refractivity contribution is 0.383. The molecule has 4 aromatic rings. The van der Waals surface area contributed by atoms with Gasteiger partial charge in [0.15, 0.2) is 0 Å². The molecule has 0 aliphatic heterocycles. The van der Waals surface area contributed by atoms with Gasteiger partial charge in [0.05, 0.1) is 16.8 Å². The second-order valence-electron chi connectivity index (χ2n) is 6.57. The summed E-state index contributed by atoms with van der Waals surface area (Å²) in [4.78, 5) is 19.2. The third kappa shape index (κ3) is 3.37. The van der Waals surface area contributed by atoms with E-state index in [1.165, 1.54) is 11.3 Å². The zero-order valence-electron chi connectivity index (χ0n) is 15.0. The maximum atomic E-state index is 12.6. The number of thiazole rings is 1. The van der Waals surface area contributed by atoms with Gasteiger partial charge in [0, 0.05) is 22.9 Å². The summed E-state index contributed by atoms with van der Waals surface area (Å²) in [7, 11) is 3.79. The van der Waals surface area contributed by atoms with Gasteiger partial charge in [-0.15, -0.1) is 11.3 Å². The number of fused-ring (bicyclic) bond motifs is 1. The summed E-state index contributed by atoms with van der Waals surface area (Å²) in [5.41, 5.74) is 2.82. The van der Waals surface area contributed by atoms with Crippen molar-refractivity contribution in [2.45, 2.75) is 6.54 Å². The molecule has 0 saturated carbocycles. The van der Waals surface area contributed by atoms with Gasteiger partial charge in [0.25, 0.3) is 0 Å². The molecule has 0 aliphatic rings. The third-order valence-corrected chi connectivity index (χ3v) is 5.13. The number of phenols is 1. The minimum atomic E-state index is -0.456. The fraction of sp³-hybridized carbons (Fsp3) is 0.143. The predicted octanol–water partition coefficient (Wildman–Crippen LogP) is 4.35. The minimum Gasteiger partial charge on any atom is -0.507 e. The van der Waals surface area contributed by atoms with Crippen molar-refractivity contribution >= 4 is 22.3 Å². The summed E-state index contributed by atoms with van der Waals surface area (Å²) >= 11 is 1.41. The van der Waals surface area contributed by atoms with E-state index >= 15 is 0 Å². The van der Waals surface area contributed by atoms with Crippen LogP contribution in [0.25, 0.3) is 32.8 Å². The highest BCUT2D eigenvalue weighted by atomic mass is 32.1. The Morgan fingerprint density at radius 1 is 1.15 bits per heavy atom. The van der Waals surface area contributed by atoms with E-state index in [4.69, 9.17) is 4.42 Å². The molecule has 6 heteroatoms. The van der Waals surface area contributed by atoms with Crippen LogP contribution in [0.2, 0.25) is 0 Å². The van der Waals surface area contributed by atoms with Crippen molar-refractivity contribution in [2.75, 3.05) is 14.1 Å². The molecule has 0 bridgehead atoms. The second kappa shape index (κ2) is 6.98. The van der Waals surface area contributed by atoms with E-state index in [0.29, 0.717) is 28.3 Å². The van der Waals surface area contributed by atoms with E-state index < -0.39 is 5.63 Å². The van der Waals surface area contributed by atoms with Gasteiger partial charge >= 0.3 is 5.63 Å². The van der Waals surface area contributed by atoms with E-state index in [9.17, 15) is 9.90 Å². The fourth-order valence-corrected chi connectivity index (χ4v) is 3.82. The highest BCUT2D eigenvalue weighted by Crippen LogP contribution is 2.32. The Hall–Kier alpha value is -2.96. The molecule has 2 heterocycles. The molecule has 136 valence electrons. The van der Waals surface area contributed by atoms with Crippen LogP contribution in [0.5, 0.6) is 5.75 Å². The van der Waals surface area contributed by atoms with Gasteiger partial charge in [-0.25, -0.2) is 9.78 Å². The summed E-state index contributed by atoms with van der Waals surface area (Å²) in [5, 5.41) is 13.5. The van der Waals surface area contributed by atoms with Gasteiger partial charge in [-0.2, -0.15) is 0 Å². The minimum absolute atomic E-state index is 0.118. The second-order valence-corrected chi connectivity index (χ2v) is 7.43. The predicted molar refractivity (Wildman–Crippen MR) is 108 cm³/mol. The largest absolute Gasteiger partial charge is 0.507 e. The normalized spacial score (nSPS) is 11.4. The topological polar surface area (TPSA) is 66.6 Å². The monoisotopic (exact) mass is 378 g/mol. The van der Waals surface area contributed by atoms with Crippen molar-refractivity contribution in [1.29, 1.82) is 0 Å². The number of aromatic nitrogens is 1. The number of nitrogens with zero attached hydrogens (tertiary/aromatic N) is 2. The van der Waals surface area contributed by atoms with Crippen LogP contribution >= 0.6 is 11.3 Å². The molecule has 0 amide bonds. The molecule has 2 aromatic heterocycles. The highest BCUT2D eigenvalue weighted by molar-refractivity contribution is 7.13. The lowest BCUT2D eigenvalue weighted by Crippen LogP contribution is -2.12. The molecule has 2 aromatic carbocycles. The molecular formula is C21H18N2O3S. The Balaban J connectivity index is 1.82. The first-order valence-electron chi connectivity index (χ1n) is 8.47. The van der Waals surface area contributed by atoms with Gasteiger partial charge in [-0.05, 0) is 32.3 Å². The molecule has 0 spiro atoms. The molecule has 0 saturated heterocycles. The zero-order chi connectivity index (χ0) is 19.0. The quantitative estimate of drug-likeness (QED) is 0.535. The van der Waals surface area contributed by atoms with E-state index in [2.05, 4.69) is 4.98 Å². The van der Waals surface area contributed by atoms with Crippen molar-refractivity contribution < 1.29 is 9.52 Å². The average Bonchev–Trinajstić information content (AvgIpc) is 3.14. The smallest absolute Gasteiger partial charge is 0.346 e. The van der Waals surface area contributed by atoms with Crippen LogP contribution in [0.3, 0.4) is 0 Å². The number of benzene rings is 2. The summed E-state index contributed by atoms with van der Waals surface area (Å²) in [5.74, 6) is 0.118. The van der Waals surface area contributed by atoms with Crippen molar-refractivity contribution in [3.8, 4) is 27.6 Å². The molecule has 0 unspecified atom stereocenters. The van der Waals surface area contributed by atoms with Gasteiger partial charge in [-0.1, -0.05) is 30.3 Å². The van der Waals surface area contributed by atoms with Crippen LogP contribution in [-0.2, 0) is 6.54 Å². The number of rotatable bonds is 4. The van der Waals surface area contributed by atoms with Crippen LogP contribution in [0.1, 0.15) is 5.56 Å². The number of hydrogen-bond donors (Lipinski definition) is 1. The van der Waals surface area contributed by atoms with Gasteiger partial charge in [0.2, 0.25) is 0 Å². The summed E-state index contributed by atoms with van der Waals surface area (Å²) in [6.07, 6.45) is 0. The van der Waals surface area contributed by atoms with E-state index in [1.54, 1.807) is 18.2 Å². The molecule has 5 nitrogen and oxygen atoms in total. The van der Waals surface area contributed by atoms with E-state index in [0.717, 1.165) is 16.6 Å². The molecule has 0 aliphatic carbocycles. The van der Waals surface area contributed by atoms with Crippen molar-refractivity contribution in [3.63, 3.8) is 0 Å². The molecule has 4 rings (SSSR count). The zero-order valence-corrected chi connectivity index (χ0v) is 15.8. The maximum Gasteiger partial charge on any atom is 0.346 e. The number of phenolic OH excluding ortho intramolecular Hbond substituents is 1. The third-order valence-electron chi connectivity index (χ3n) is 4.26. The first-order valence-corrected chi connectivity index (χ1v) is 9.35. The van der Waals surface area contributed by atoms with Crippen LogP contribution in [-0.4, -0.2) is 29.1 Å².